The van der Waals surface area contributed by atoms with Gasteiger partial charge in [-0.15, -0.1) is 0 Å². The summed E-state index contributed by atoms with van der Waals surface area (Å²) in [5.74, 6) is -0.645. The van der Waals surface area contributed by atoms with Crippen molar-refractivity contribution in [2.24, 2.45) is 5.73 Å². The third-order valence-electron chi connectivity index (χ3n) is 1.32. The SMILES string of the molecule is CS(=O)(=O)[n+]1ccc(C(N)=O)cn1.[I-]. The van der Waals surface area contributed by atoms with Crippen LogP contribution in [0.2, 0.25) is 0 Å². The average Bonchev–Trinajstić information content (AvgIpc) is 2.03. The van der Waals surface area contributed by atoms with Gasteiger partial charge < -0.3 is 29.7 Å². The zero-order valence-electron chi connectivity index (χ0n) is 7.21. The fourth-order valence-electron chi connectivity index (χ4n) is 0.687. The molecule has 1 aromatic rings. The average molecular weight is 329 g/mol. The molecule has 1 heterocycles. The molecule has 0 spiro atoms. The first-order chi connectivity index (χ1) is 5.91. The molecular weight excluding hydrogens is 321 g/mol. The Hall–Kier alpha value is -0.770. The summed E-state index contributed by atoms with van der Waals surface area (Å²) in [6, 6.07) is 1.29. The number of primary amides is 1. The monoisotopic (exact) mass is 329 g/mol. The highest BCUT2D eigenvalue weighted by molar-refractivity contribution is 7.84. The maximum Gasteiger partial charge on any atom is 0.389 e. The van der Waals surface area contributed by atoms with Crippen LogP contribution in [0.4, 0.5) is 0 Å². The molecule has 0 aliphatic carbocycles. The molecule has 0 atom stereocenters. The minimum absolute atomic E-state index is 0. The van der Waals surface area contributed by atoms with Gasteiger partial charge in [-0.25, -0.2) is 0 Å². The van der Waals surface area contributed by atoms with E-state index in [2.05, 4.69) is 5.10 Å². The summed E-state index contributed by atoms with van der Waals surface area (Å²) in [6.07, 6.45) is 3.27. The Kier molecular flexibility index (Phi) is 4.39. The van der Waals surface area contributed by atoms with Crippen LogP contribution in [0, 0.1) is 0 Å². The van der Waals surface area contributed by atoms with Gasteiger partial charge in [-0.3, -0.25) is 4.79 Å². The normalized spacial score (nSPS) is 10.4. The maximum atomic E-state index is 10.9. The second-order valence-corrected chi connectivity index (χ2v) is 4.26. The fraction of sp³-hybridized carbons (Fsp3) is 0.167. The molecule has 0 fully saturated rings. The summed E-state index contributed by atoms with van der Waals surface area (Å²) >= 11 is 0. The van der Waals surface area contributed by atoms with Gasteiger partial charge in [0.05, 0.1) is 5.56 Å². The fourth-order valence-corrected chi connectivity index (χ4v) is 1.19. The number of aromatic nitrogens is 2. The molecule has 14 heavy (non-hydrogen) atoms. The topological polar surface area (TPSA) is 94.0 Å². The Bertz CT molecular complexity index is 428. The third kappa shape index (κ3) is 3.18. The molecular formula is C6H8IN3O3S. The molecule has 1 rings (SSSR count). The van der Waals surface area contributed by atoms with Crippen LogP contribution < -0.4 is 33.8 Å². The van der Waals surface area contributed by atoms with Crippen LogP contribution in [0.3, 0.4) is 0 Å². The van der Waals surface area contributed by atoms with Crippen LogP contribution in [0.15, 0.2) is 18.5 Å². The van der Waals surface area contributed by atoms with Crippen molar-refractivity contribution in [3.63, 3.8) is 0 Å². The first-order valence-corrected chi connectivity index (χ1v) is 5.14. The zero-order valence-corrected chi connectivity index (χ0v) is 10.2. The van der Waals surface area contributed by atoms with Gasteiger partial charge in [0.1, 0.15) is 12.5 Å². The van der Waals surface area contributed by atoms with E-state index in [0.29, 0.717) is 0 Å². The van der Waals surface area contributed by atoms with E-state index in [4.69, 9.17) is 5.73 Å². The quantitative estimate of drug-likeness (QED) is 0.436. The van der Waals surface area contributed by atoms with Crippen molar-refractivity contribution in [3.8, 4) is 0 Å². The Morgan fingerprint density at radius 1 is 1.57 bits per heavy atom. The number of carbonyl (C=O) groups is 1. The van der Waals surface area contributed by atoms with E-state index in [1.165, 1.54) is 6.07 Å². The van der Waals surface area contributed by atoms with Crippen molar-refractivity contribution in [1.82, 2.24) is 5.10 Å². The lowest BCUT2D eigenvalue weighted by molar-refractivity contribution is -0.579. The second-order valence-electron chi connectivity index (χ2n) is 2.42. The molecule has 0 unspecified atom stereocenters. The lowest BCUT2D eigenvalue weighted by Gasteiger charge is -1.91. The number of nitrogens with two attached hydrogens (primary N) is 1. The number of halogens is 1. The first-order valence-electron chi connectivity index (χ1n) is 3.29. The Morgan fingerprint density at radius 2 is 2.14 bits per heavy atom. The van der Waals surface area contributed by atoms with Gasteiger partial charge in [0.15, 0.2) is 0 Å². The van der Waals surface area contributed by atoms with Crippen molar-refractivity contribution in [3.05, 3.63) is 24.0 Å². The highest BCUT2D eigenvalue weighted by Gasteiger charge is 2.16. The molecule has 8 heteroatoms. The van der Waals surface area contributed by atoms with Crippen molar-refractivity contribution in [2.75, 3.05) is 6.26 Å². The summed E-state index contributed by atoms with van der Waals surface area (Å²) < 4.78 is 22.5. The molecule has 0 bridgehead atoms. The van der Waals surface area contributed by atoms with Gasteiger partial charge in [-0.1, -0.05) is 0 Å². The zero-order chi connectivity index (χ0) is 10.1. The van der Waals surface area contributed by atoms with E-state index in [1.54, 1.807) is 0 Å². The summed E-state index contributed by atoms with van der Waals surface area (Å²) in [6.45, 7) is 0. The van der Waals surface area contributed by atoms with Gasteiger partial charge in [0.2, 0.25) is 6.20 Å². The smallest absolute Gasteiger partial charge is 0.389 e. The lowest BCUT2D eigenvalue weighted by atomic mass is 10.3. The molecule has 2 N–H and O–H groups in total. The van der Waals surface area contributed by atoms with E-state index in [1.807, 2.05) is 0 Å². The van der Waals surface area contributed by atoms with Crippen LogP contribution in [-0.2, 0) is 10.0 Å². The molecule has 1 amide bonds. The number of carbonyl (C=O) groups excluding carboxylic acids is 1. The number of hydrogen-bond acceptors (Lipinski definition) is 4. The highest BCUT2D eigenvalue weighted by Crippen LogP contribution is 1.90. The van der Waals surface area contributed by atoms with Crippen molar-refractivity contribution in [2.45, 2.75) is 0 Å². The molecule has 0 aromatic carbocycles. The molecule has 78 valence electrons. The molecule has 0 saturated carbocycles. The van der Waals surface area contributed by atoms with E-state index < -0.39 is 15.9 Å². The maximum absolute atomic E-state index is 10.9. The Morgan fingerprint density at radius 3 is 2.43 bits per heavy atom. The number of hydrogen-bond donors (Lipinski definition) is 1. The van der Waals surface area contributed by atoms with Crippen molar-refractivity contribution in [1.29, 1.82) is 0 Å². The molecule has 0 radical (unpaired) electrons. The standard InChI is InChI=1S/C6H7N3O3S.HI/c1-13(11,12)9-3-2-5(4-8-9)6(7)10;/h2-4H,1H3,(H-,7,10);1H. The van der Waals surface area contributed by atoms with Gasteiger partial charge in [-0.05, 0) is 0 Å². The summed E-state index contributed by atoms with van der Waals surface area (Å²) in [5.41, 5.74) is 5.10. The van der Waals surface area contributed by atoms with Crippen LogP contribution in [0.25, 0.3) is 0 Å². The van der Waals surface area contributed by atoms with Crippen LogP contribution in [0.5, 0.6) is 0 Å². The first kappa shape index (κ1) is 13.2. The summed E-state index contributed by atoms with van der Waals surface area (Å²) in [4.78, 5) is 10.6. The minimum atomic E-state index is -3.39. The number of nitrogens with zero attached hydrogens (tertiary/aromatic N) is 2. The Labute approximate surface area is 98.2 Å². The number of amides is 1. The minimum Gasteiger partial charge on any atom is -1.00 e. The summed E-state index contributed by atoms with van der Waals surface area (Å²) in [5, 5.41) is 3.50. The van der Waals surface area contributed by atoms with E-state index in [9.17, 15) is 13.2 Å². The molecule has 0 saturated heterocycles. The van der Waals surface area contributed by atoms with Crippen LogP contribution >= 0.6 is 0 Å². The Balaban J connectivity index is 0.00000169. The van der Waals surface area contributed by atoms with Gasteiger partial charge in [-0.2, -0.15) is 8.42 Å². The molecule has 6 nitrogen and oxygen atoms in total. The predicted molar refractivity (Wildman–Crippen MR) is 43.2 cm³/mol. The van der Waals surface area contributed by atoms with Crippen molar-refractivity contribution >= 4 is 15.9 Å². The van der Waals surface area contributed by atoms with Gasteiger partial charge in [0, 0.05) is 15.3 Å². The molecule has 0 aliphatic rings. The predicted octanol–water partition coefficient (Wildman–Crippen LogP) is -4.72. The largest absolute Gasteiger partial charge is 1.00 e. The van der Waals surface area contributed by atoms with E-state index >= 15 is 0 Å². The molecule has 1 aromatic heterocycles. The van der Waals surface area contributed by atoms with Crippen LogP contribution in [-0.4, -0.2) is 25.7 Å². The third-order valence-corrected chi connectivity index (χ3v) is 2.21. The highest BCUT2D eigenvalue weighted by atomic mass is 127. The molecule has 0 aliphatic heterocycles. The van der Waals surface area contributed by atoms with Gasteiger partial charge >= 0.3 is 10.0 Å². The van der Waals surface area contributed by atoms with Crippen molar-refractivity contribution < 1.29 is 41.3 Å². The van der Waals surface area contributed by atoms with Crippen LogP contribution in [0.1, 0.15) is 10.4 Å². The number of rotatable bonds is 2. The van der Waals surface area contributed by atoms with E-state index in [0.717, 1.165) is 22.7 Å². The summed E-state index contributed by atoms with van der Waals surface area (Å²) in [7, 11) is -3.39. The van der Waals surface area contributed by atoms with E-state index in [-0.39, 0.29) is 29.5 Å². The van der Waals surface area contributed by atoms with Gasteiger partial charge in [0.25, 0.3) is 5.91 Å². The lowest BCUT2D eigenvalue weighted by Crippen LogP contribution is -3.00. The second kappa shape index (κ2) is 4.64.